The lowest BCUT2D eigenvalue weighted by Gasteiger charge is -2.38. The first-order valence-corrected chi connectivity index (χ1v) is 9.27. The Kier molecular flexibility index (Phi) is 6.64. The van der Waals surface area contributed by atoms with Gasteiger partial charge in [0.1, 0.15) is 0 Å². The molecule has 1 atom stereocenters. The van der Waals surface area contributed by atoms with Gasteiger partial charge in [-0.05, 0) is 46.9 Å². The lowest BCUT2D eigenvalue weighted by Crippen LogP contribution is -2.55. The van der Waals surface area contributed by atoms with Gasteiger partial charge in [-0.3, -0.25) is 14.5 Å². The lowest BCUT2D eigenvalue weighted by molar-refractivity contribution is -0.137. The Morgan fingerprint density at radius 1 is 1.12 bits per heavy atom. The van der Waals surface area contributed by atoms with E-state index in [1.54, 1.807) is 0 Å². The molecule has 0 bridgehead atoms. The predicted molar refractivity (Wildman–Crippen MR) is 105 cm³/mol. The first kappa shape index (κ1) is 20.2. The fourth-order valence-corrected chi connectivity index (χ4v) is 3.10. The molecule has 2 amide bonds. The standard InChI is InChI=1S/C20H32N4O2/c1-16(22(5)15-18(25)21-20(2,3)4)19(26)24-13-11-23(12-14-24)17-9-7-6-8-10-17/h6-10,16H,11-15H2,1-5H3,(H,21,25). The Morgan fingerprint density at radius 3 is 2.23 bits per heavy atom. The third-order valence-corrected chi connectivity index (χ3v) is 4.64. The first-order valence-electron chi connectivity index (χ1n) is 9.27. The van der Waals surface area contributed by atoms with E-state index in [0.29, 0.717) is 13.1 Å². The minimum atomic E-state index is -0.316. The van der Waals surface area contributed by atoms with Crippen molar-refractivity contribution in [3.63, 3.8) is 0 Å². The second kappa shape index (κ2) is 8.54. The molecule has 1 aliphatic heterocycles. The summed E-state index contributed by atoms with van der Waals surface area (Å²) in [6.07, 6.45) is 0. The quantitative estimate of drug-likeness (QED) is 0.866. The van der Waals surface area contributed by atoms with Gasteiger partial charge in [0.15, 0.2) is 0 Å². The van der Waals surface area contributed by atoms with E-state index in [2.05, 4.69) is 22.3 Å². The zero-order valence-electron chi connectivity index (χ0n) is 16.7. The number of amides is 2. The molecule has 144 valence electrons. The van der Waals surface area contributed by atoms with Crippen LogP contribution < -0.4 is 10.2 Å². The summed E-state index contributed by atoms with van der Waals surface area (Å²) in [7, 11) is 1.82. The van der Waals surface area contributed by atoms with Gasteiger partial charge in [-0.1, -0.05) is 18.2 Å². The molecule has 0 spiro atoms. The van der Waals surface area contributed by atoms with Gasteiger partial charge in [-0.15, -0.1) is 0 Å². The van der Waals surface area contributed by atoms with Crippen molar-refractivity contribution in [2.45, 2.75) is 39.3 Å². The molecule has 6 nitrogen and oxygen atoms in total. The Hall–Kier alpha value is -2.08. The number of hydrogen-bond acceptors (Lipinski definition) is 4. The number of benzene rings is 1. The number of nitrogens with one attached hydrogen (secondary N) is 1. The van der Waals surface area contributed by atoms with Crippen molar-refractivity contribution in [2.75, 3.05) is 44.7 Å². The van der Waals surface area contributed by atoms with E-state index in [9.17, 15) is 9.59 Å². The zero-order chi connectivity index (χ0) is 19.3. The van der Waals surface area contributed by atoms with Gasteiger partial charge in [0.2, 0.25) is 11.8 Å². The van der Waals surface area contributed by atoms with Crippen LogP contribution in [0.2, 0.25) is 0 Å². The Labute approximate surface area is 157 Å². The van der Waals surface area contributed by atoms with Crippen LogP contribution in [0.5, 0.6) is 0 Å². The molecule has 2 rings (SSSR count). The van der Waals surface area contributed by atoms with Gasteiger partial charge in [-0.2, -0.15) is 0 Å². The fourth-order valence-electron chi connectivity index (χ4n) is 3.10. The molecule has 0 radical (unpaired) electrons. The average molecular weight is 361 g/mol. The summed E-state index contributed by atoms with van der Waals surface area (Å²) < 4.78 is 0. The Morgan fingerprint density at radius 2 is 1.69 bits per heavy atom. The normalized spacial score (nSPS) is 16.5. The highest BCUT2D eigenvalue weighted by Gasteiger charge is 2.28. The van der Waals surface area contributed by atoms with E-state index >= 15 is 0 Å². The van der Waals surface area contributed by atoms with Crippen molar-refractivity contribution in [2.24, 2.45) is 0 Å². The summed E-state index contributed by atoms with van der Waals surface area (Å²) in [5, 5.41) is 2.94. The minimum Gasteiger partial charge on any atom is -0.368 e. The summed E-state index contributed by atoms with van der Waals surface area (Å²) in [5.74, 6) is 0.0253. The van der Waals surface area contributed by atoms with E-state index in [-0.39, 0.29) is 29.9 Å². The van der Waals surface area contributed by atoms with Crippen LogP contribution >= 0.6 is 0 Å². The molecule has 1 aromatic rings. The highest BCUT2D eigenvalue weighted by atomic mass is 16.2. The van der Waals surface area contributed by atoms with Crippen molar-refractivity contribution in [1.29, 1.82) is 0 Å². The van der Waals surface area contributed by atoms with Gasteiger partial charge < -0.3 is 15.1 Å². The largest absolute Gasteiger partial charge is 0.368 e. The number of likely N-dealkylation sites (N-methyl/N-ethyl adjacent to an activating group) is 1. The molecule has 0 aromatic heterocycles. The van der Waals surface area contributed by atoms with Crippen molar-refractivity contribution in [3.05, 3.63) is 30.3 Å². The highest BCUT2D eigenvalue weighted by Crippen LogP contribution is 2.16. The minimum absolute atomic E-state index is 0.0615. The van der Waals surface area contributed by atoms with Crippen molar-refractivity contribution < 1.29 is 9.59 Å². The van der Waals surface area contributed by atoms with Crippen molar-refractivity contribution >= 4 is 17.5 Å². The molecule has 1 aromatic carbocycles. The molecule has 26 heavy (non-hydrogen) atoms. The first-order chi connectivity index (χ1) is 12.2. The van der Waals surface area contributed by atoms with E-state index in [1.165, 1.54) is 5.69 Å². The number of hydrogen-bond donors (Lipinski definition) is 1. The monoisotopic (exact) mass is 360 g/mol. The number of anilines is 1. The third-order valence-electron chi connectivity index (χ3n) is 4.64. The smallest absolute Gasteiger partial charge is 0.239 e. The number of piperazine rings is 1. The zero-order valence-corrected chi connectivity index (χ0v) is 16.7. The molecule has 1 aliphatic rings. The second-order valence-electron chi connectivity index (χ2n) is 8.04. The van der Waals surface area contributed by atoms with Crippen molar-refractivity contribution in [3.8, 4) is 0 Å². The molecule has 1 fully saturated rings. The number of carbonyl (C=O) groups excluding carboxylic acids is 2. The SMILES string of the molecule is CC(C(=O)N1CCN(c2ccccc2)CC1)N(C)CC(=O)NC(C)(C)C. The van der Waals surface area contributed by atoms with Crippen LogP contribution in [0, 0.1) is 0 Å². The summed E-state index contributed by atoms with van der Waals surface area (Å²) >= 11 is 0. The van der Waals surface area contributed by atoms with Gasteiger partial charge in [0.05, 0.1) is 12.6 Å². The summed E-state index contributed by atoms with van der Waals surface area (Å²) in [4.78, 5) is 30.9. The van der Waals surface area contributed by atoms with Gasteiger partial charge >= 0.3 is 0 Å². The Balaban J connectivity index is 1.84. The van der Waals surface area contributed by atoms with E-state index < -0.39 is 0 Å². The second-order valence-corrected chi connectivity index (χ2v) is 8.04. The summed E-state index contributed by atoms with van der Waals surface area (Å²) in [6.45, 7) is 11.0. The van der Waals surface area contributed by atoms with Gasteiger partial charge in [0, 0.05) is 37.4 Å². The van der Waals surface area contributed by atoms with Crippen LogP contribution in [0.15, 0.2) is 30.3 Å². The van der Waals surface area contributed by atoms with Crippen LogP contribution in [0.25, 0.3) is 0 Å². The van der Waals surface area contributed by atoms with Gasteiger partial charge in [-0.25, -0.2) is 0 Å². The maximum absolute atomic E-state index is 12.8. The van der Waals surface area contributed by atoms with Crippen LogP contribution in [-0.2, 0) is 9.59 Å². The molecule has 0 aliphatic carbocycles. The van der Waals surface area contributed by atoms with E-state index in [1.807, 2.05) is 62.7 Å². The fraction of sp³-hybridized carbons (Fsp3) is 0.600. The number of nitrogens with zero attached hydrogens (tertiary/aromatic N) is 3. The van der Waals surface area contributed by atoms with Crippen LogP contribution in [0.4, 0.5) is 5.69 Å². The molecule has 6 heteroatoms. The molecule has 1 N–H and O–H groups in total. The topological polar surface area (TPSA) is 55.9 Å². The number of para-hydroxylation sites is 1. The average Bonchev–Trinajstić information content (AvgIpc) is 2.59. The summed E-state index contributed by atoms with van der Waals surface area (Å²) in [6, 6.07) is 9.96. The maximum Gasteiger partial charge on any atom is 0.239 e. The molecule has 1 heterocycles. The number of rotatable bonds is 5. The van der Waals surface area contributed by atoms with E-state index in [4.69, 9.17) is 0 Å². The predicted octanol–water partition coefficient (Wildman–Crippen LogP) is 1.57. The molecular formula is C20H32N4O2. The van der Waals surface area contributed by atoms with Crippen LogP contribution in [0.3, 0.4) is 0 Å². The lowest BCUT2D eigenvalue weighted by atomic mass is 10.1. The summed E-state index contributed by atoms with van der Waals surface area (Å²) in [5.41, 5.74) is 0.933. The van der Waals surface area contributed by atoms with Gasteiger partial charge in [0.25, 0.3) is 0 Å². The maximum atomic E-state index is 12.8. The molecule has 0 saturated carbocycles. The number of carbonyl (C=O) groups is 2. The van der Waals surface area contributed by atoms with E-state index in [0.717, 1.165) is 13.1 Å². The third kappa shape index (κ3) is 5.73. The molecular weight excluding hydrogens is 328 g/mol. The highest BCUT2D eigenvalue weighted by molar-refractivity contribution is 5.83. The molecule has 1 saturated heterocycles. The van der Waals surface area contributed by atoms with Crippen molar-refractivity contribution in [1.82, 2.24) is 15.1 Å². The Bertz CT molecular complexity index is 604. The molecule has 1 unspecified atom stereocenters. The van der Waals surface area contributed by atoms with Crippen LogP contribution in [-0.4, -0.2) is 73.0 Å². The van der Waals surface area contributed by atoms with Crippen LogP contribution in [0.1, 0.15) is 27.7 Å².